The van der Waals surface area contributed by atoms with Crippen molar-refractivity contribution in [2.75, 3.05) is 24.6 Å². The van der Waals surface area contributed by atoms with E-state index in [1.54, 1.807) is 22.7 Å². The first-order valence-electron chi connectivity index (χ1n) is 8.46. The van der Waals surface area contributed by atoms with Crippen molar-refractivity contribution in [3.8, 4) is 0 Å². The third-order valence-electron chi connectivity index (χ3n) is 4.99. The summed E-state index contributed by atoms with van der Waals surface area (Å²) in [4.78, 5) is 16.5. The highest BCUT2D eigenvalue weighted by atomic mass is 32.2. The fourth-order valence-corrected chi connectivity index (χ4v) is 7.34. The number of sulfone groups is 1. The number of carbonyl (C=O) groups excluding carboxylic acids is 1. The normalized spacial score (nSPS) is 27.8. The summed E-state index contributed by atoms with van der Waals surface area (Å²) in [6, 6.07) is 6.36. The van der Waals surface area contributed by atoms with E-state index in [4.69, 9.17) is 0 Å². The number of amides is 1. The van der Waals surface area contributed by atoms with E-state index in [2.05, 4.69) is 34.3 Å². The Hall–Kier alpha value is -1.22. The molecular weight excluding hydrogens is 376 g/mol. The van der Waals surface area contributed by atoms with Crippen LogP contribution in [0.2, 0.25) is 0 Å². The number of thiophene rings is 2. The molecule has 0 radical (unpaired) electrons. The average Bonchev–Trinajstić information content (AvgIpc) is 3.28. The van der Waals surface area contributed by atoms with E-state index in [0.29, 0.717) is 13.0 Å². The molecule has 5 nitrogen and oxygen atoms in total. The Kier molecular flexibility index (Phi) is 4.70. The van der Waals surface area contributed by atoms with Crippen molar-refractivity contribution in [1.82, 2.24) is 5.32 Å². The van der Waals surface area contributed by atoms with Gasteiger partial charge in [-0.1, -0.05) is 6.07 Å². The highest BCUT2D eigenvalue weighted by Gasteiger charge is 2.36. The van der Waals surface area contributed by atoms with Crippen LogP contribution in [0, 0.1) is 0 Å². The molecule has 1 saturated heterocycles. The standard InChI is InChI=1S/C17H20N2O3S3/c20-16(18-12-5-9-25(21,22)11-12)10-19-6-3-14-13(4-8-24-14)17(19)15-2-1-7-23-15/h1-2,4,7-8,12,17H,3,5-6,9-11H2,(H,18,20)/p+1/t12-,17-/m1/s1. The monoisotopic (exact) mass is 397 g/mol. The molecular formula is C17H21N2O3S3+. The summed E-state index contributed by atoms with van der Waals surface area (Å²) in [7, 11) is -2.97. The van der Waals surface area contributed by atoms with Gasteiger partial charge in [-0.05, 0) is 29.3 Å². The number of hydrogen-bond donors (Lipinski definition) is 2. The van der Waals surface area contributed by atoms with Gasteiger partial charge in [-0.3, -0.25) is 4.79 Å². The molecule has 1 amide bonds. The molecule has 0 spiro atoms. The SMILES string of the molecule is O=C(C[NH+]1CCc2sccc2[C@@H]1c1cccs1)N[C@@H]1CCS(=O)(=O)C1. The van der Waals surface area contributed by atoms with Crippen LogP contribution in [-0.4, -0.2) is 45.0 Å². The number of carbonyl (C=O) groups is 1. The molecule has 2 aromatic heterocycles. The third-order valence-corrected chi connectivity index (χ3v) is 8.69. The van der Waals surface area contributed by atoms with E-state index >= 15 is 0 Å². The lowest BCUT2D eigenvalue weighted by atomic mass is 9.98. The van der Waals surface area contributed by atoms with Gasteiger partial charge in [0.15, 0.2) is 16.4 Å². The number of nitrogens with one attached hydrogen (secondary N) is 2. The molecule has 134 valence electrons. The first-order valence-corrected chi connectivity index (χ1v) is 12.0. The van der Waals surface area contributed by atoms with Gasteiger partial charge in [0.05, 0.1) is 22.9 Å². The van der Waals surface area contributed by atoms with Crippen LogP contribution in [0.3, 0.4) is 0 Å². The Morgan fingerprint density at radius 3 is 2.88 bits per heavy atom. The largest absolute Gasteiger partial charge is 0.347 e. The summed E-state index contributed by atoms with van der Waals surface area (Å²) in [6.07, 6.45) is 1.53. The zero-order chi connectivity index (χ0) is 17.4. The molecule has 25 heavy (non-hydrogen) atoms. The molecule has 0 aliphatic carbocycles. The minimum atomic E-state index is -2.97. The lowest BCUT2D eigenvalue weighted by Crippen LogP contribution is -3.14. The van der Waals surface area contributed by atoms with Crippen LogP contribution in [0.1, 0.15) is 27.8 Å². The molecule has 1 unspecified atom stereocenters. The molecule has 0 aromatic carbocycles. The third kappa shape index (κ3) is 3.67. The maximum Gasteiger partial charge on any atom is 0.275 e. The lowest BCUT2D eigenvalue weighted by molar-refractivity contribution is -0.919. The summed E-state index contributed by atoms with van der Waals surface area (Å²) in [5, 5.41) is 7.15. The molecule has 4 heterocycles. The number of hydrogen-bond acceptors (Lipinski definition) is 5. The predicted molar refractivity (Wildman–Crippen MR) is 100 cm³/mol. The predicted octanol–water partition coefficient (Wildman–Crippen LogP) is 0.643. The van der Waals surface area contributed by atoms with Gasteiger partial charge in [0.2, 0.25) is 0 Å². The second kappa shape index (κ2) is 6.83. The summed E-state index contributed by atoms with van der Waals surface area (Å²) in [5.74, 6) is 0.221. The van der Waals surface area contributed by atoms with Gasteiger partial charge in [0.25, 0.3) is 5.91 Å². The van der Waals surface area contributed by atoms with Gasteiger partial charge in [0.1, 0.15) is 6.04 Å². The maximum absolute atomic E-state index is 12.5. The summed E-state index contributed by atoms with van der Waals surface area (Å²) in [5.41, 5.74) is 1.34. The molecule has 2 N–H and O–H groups in total. The van der Waals surface area contributed by atoms with Gasteiger partial charge in [0, 0.05) is 22.9 Å². The molecule has 2 aliphatic rings. The zero-order valence-corrected chi connectivity index (χ0v) is 16.2. The Morgan fingerprint density at radius 1 is 1.28 bits per heavy atom. The smallest absolute Gasteiger partial charge is 0.275 e. The molecule has 4 rings (SSSR count). The first-order chi connectivity index (χ1) is 12.0. The Bertz CT molecular complexity index is 858. The second-order valence-electron chi connectivity index (χ2n) is 6.75. The van der Waals surface area contributed by atoms with Gasteiger partial charge < -0.3 is 10.2 Å². The zero-order valence-electron chi connectivity index (χ0n) is 13.7. The quantitative estimate of drug-likeness (QED) is 0.796. The Morgan fingerprint density at radius 2 is 2.16 bits per heavy atom. The van der Waals surface area contributed by atoms with Crippen molar-refractivity contribution in [1.29, 1.82) is 0 Å². The van der Waals surface area contributed by atoms with Crippen LogP contribution in [0.5, 0.6) is 0 Å². The highest BCUT2D eigenvalue weighted by Crippen LogP contribution is 2.31. The van der Waals surface area contributed by atoms with Gasteiger partial charge >= 0.3 is 0 Å². The van der Waals surface area contributed by atoms with Crippen molar-refractivity contribution in [3.63, 3.8) is 0 Å². The fourth-order valence-electron chi connectivity index (χ4n) is 3.84. The summed E-state index contributed by atoms with van der Waals surface area (Å²) < 4.78 is 23.1. The molecule has 0 saturated carbocycles. The van der Waals surface area contributed by atoms with E-state index in [1.165, 1.54) is 20.2 Å². The van der Waals surface area contributed by atoms with Gasteiger partial charge in [-0.25, -0.2) is 8.42 Å². The fraction of sp³-hybridized carbons (Fsp3) is 0.471. The van der Waals surface area contributed by atoms with Crippen molar-refractivity contribution in [3.05, 3.63) is 44.3 Å². The molecule has 1 fully saturated rings. The van der Waals surface area contributed by atoms with Crippen molar-refractivity contribution in [2.24, 2.45) is 0 Å². The second-order valence-corrected chi connectivity index (χ2v) is 11.0. The average molecular weight is 398 g/mol. The van der Waals surface area contributed by atoms with Crippen molar-refractivity contribution in [2.45, 2.75) is 24.9 Å². The van der Waals surface area contributed by atoms with Crippen LogP contribution in [-0.2, 0) is 21.1 Å². The molecule has 2 aliphatic heterocycles. The van der Waals surface area contributed by atoms with Crippen LogP contribution in [0.4, 0.5) is 0 Å². The Labute approximate surface area is 155 Å². The molecule has 0 bridgehead atoms. The topological polar surface area (TPSA) is 67.7 Å². The lowest BCUT2D eigenvalue weighted by Gasteiger charge is -2.32. The van der Waals surface area contributed by atoms with E-state index in [1.807, 2.05) is 0 Å². The van der Waals surface area contributed by atoms with Gasteiger partial charge in [-0.15, -0.1) is 22.7 Å². The van der Waals surface area contributed by atoms with Crippen molar-refractivity contribution >= 4 is 38.4 Å². The van der Waals surface area contributed by atoms with Crippen LogP contribution >= 0.6 is 22.7 Å². The number of quaternary nitrogens is 1. The van der Waals surface area contributed by atoms with E-state index in [-0.39, 0.29) is 29.5 Å². The maximum atomic E-state index is 12.5. The minimum Gasteiger partial charge on any atom is -0.347 e. The first kappa shape index (κ1) is 17.2. The minimum absolute atomic E-state index is 0.0441. The van der Waals surface area contributed by atoms with Crippen molar-refractivity contribution < 1.29 is 18.1 Å². The Balaban J connectivity index is 1.48. The molecule has 2 aromatic rings. The van der Waals surface area contributed by atoms with E-state index in [0.717, 1.165) is 13.0 Å². The number of fused-ring (bicyclic) bond motifs is 1. The highest BCUT2D eigenvalue weighted by molar-refractivity contribution is 7.91. The summed E-state index contributed by atoms with van der Waals surface area (Å²) >= 11 is 3.53. The van der Waals surface area contributed by atoms with E-state index in [9.17, 15) is 13.2 Å². The molecule has 8 heteroatoms. The summed E-state index contributed by atoms with van der Waals surface area (Å²) in [6.45, 7) is 1.31. The van der Waals surface area contributed by atoms with Crippen LogP contribution < -0.4 is 10.2 Å². The number of rotatable bonds is 4. The van der Waals surface area contributed by atoms with Gasteiger partial charge in [-0.2, -0.15) is 0 Å². The molecule has 3 atom stereocenters. The van der Waals surface area contributed by atoms with Crippen LogP contribution in [0.25, 0.3) is 0 Å². The van der Waals surface area contributed by atoms with E-state index < -0.39 is 9.84 Å². The van der Waals surface area contributed by atoms with Crippen LogP contribution in [0.15, 0.2) is 29.0 Å².